The van der Waals surface area contributed by atoms with E-state index in [1.807, 2.05) is 0 Å². The summed E-state index contributed by atoms with van der Waals surface area (Å²) in [5, 5.41) is 2.76. The summed E-state index contributed by atoms with van der Waals surface area (Å²) < 4.78 is 77.4. The molecular weight excluding hydrogens is 486 g/mol. The van der Waals surface area contributed by atoms with Crippen molar-refractivity contribution >= 4 is 34.2 Å². The fourth-order valence-corrected chi connectivity index (χ4v) is 3.46. The summed E-state index contributed by atoms with van der Waals surface area (Å²) >= 11 is 6.23. The first kappa shape index (κ1) is 23.6. The van der Waals surface area contributed by atoms with E-state index < -0.39 is 29.5 Å². The normalized spacial score (nSPS) is 12.2. The fraction of sp³-hybridized carbons (Fsp3) is 0.136. The number of anilines is 1. The van der Waals surface area contributed by atoms with Crippen molar-refractivity contribution in [1.29, 1.82) is 0 Å². The number of rotatable bonds is 3. The number of aromatic nitrogens is 3. The van der Waals surface area contributed by atoms with E-state index in [0.29, 0.717) is 11.6 Å². The Balaban J connectivity index is 1.63. The van der Waals surface area contributed by atoms with Gasteiger partial charge in [-0.3, -0.25) is 4.79 Å². The van der Waals surface area contributed by atoms with Gasteiger partial charge in [-0.2, -0.15) is 26.3 Å². The molecule has 0 unspecified atom stereocenters. The number of pyridine rings is 1. The number of nitrogens with zero attached hydrogens (tertiary/aromatic N) is 2. The quantitative estimate of drug-likeness (QED) is 0.303. The minimum absolute atomic E-state index is 0.0621. The molecule has 4 aromatic rings. The summed E-state index contributed by atoms with van der Waals surface area (Å²) in [7, 11) is 0. The van der Waals surface area contributed by atoms with Crippen molar-refractivity contribution in [1.82, 2.24) is 15.0 Å². The molecule has 34 heavy (non-hydrogen) atoms. The molecule has 0 aliphatic heterocycles. The van der Waals surface area contributed by atoms with E-state index in [4.69, 9.17) is 11.6 Å². The van der Waals surface area contributed by atoms with E-state index in [9.17, 15) is 31.1 Å². The molecule has 0 saturated heterocycles. The molecule has 2 heterocycles. The Morgan fingerprint density at radius 3 is 2.32 bits per heavy atom. The standard InChI is InChI=1S/C22H13ClF6N4O/c1-10-13(4-7-18(30-10)22(27,28)29)20(34)31-12-3-5-15(23)14(9-12)19-32-16-6-2-11(21(24,25)26)8-17(16)33-19/h2-9H,1H3,(H,31,34)(H,32,33). The van der Waals surface area contributed by atoms with Gasteiger partial charge in [-0.1, -0.05) is 11.6 Å². The highest BCUT2D eigenvalue weighted by atomic mass is 35.5. The molecule has 5 nitrogen and oxygen atoms in total. The predicted octanol–water partition coefficient (Wildman–Crippen LogP) is 6.88. The first-order valence-electron chi connectivity index (χ1n) is 9.56. The van der Waals surface area contributed by atoms with Crippen molar-refractivity contribution in [3.8, 4) is 11.4 Å². The number of aromatic amines is 1. The summed E-state index contributed by atoms with van der Waals surface area (Å²) in [4.78, 5) is 23.1. The Bertz CT molecular complexity index is 1410. The fourth-order valence-electron chi connectivity index (χ4n) is 3.26. The monoisotopic (exact) mass is 498 g/mol. The molecule has 0 atom stereocenters. The summed E-state index contributed by atoms with van der Waals surface area (Å²) in [6.07, 6.45) is -9.16. The predicted molar refractivity (Wildman–Crippen MR) is 113 cm³/mol. The van der Waals surface area contributed by atoms with E-state index in [1.54, 1.807) is 0 Å². The number of nitrogens with one attached hydrogen (secondary N) is 2. The van der Waals surface area contributed by atoms with Crippen LogP contribution in [0.15, 0.2) is 48.5 Å². The topological polar surface area (TPSA) is 70.7 Å². The molecule has 176 valence electrons. The summed E-state index contributed by atoms with van der Waals surface area (Å²) in [5.41, 5.74) is -1.18. The molecule has 0 spiro atoms. The van der Waals surface area contributed by atoms with Crippen molar-refractivity contribution in [3.05, 3.63) is 76.1 Å². The summed E-state index contributed by atoms with van der Waals surface area (Å²) in [6.45, 7) is 1.28. The Hall–Kier alpha value is -3.60. The zero-order chi connectivity index (χ0) is 24.8. The van der Waals surface area contributed by atoms with Crippen LogP contribution in [0.25, 0.3) is 22.4 Å². The molecule has 0 fully saturated rings. The van der Waals surface area contributed by atoms with Gasteiger partial charge in [0.05, 0.1) is 32.9 Å². The Kier molecular flexibility index (Phi) is 5.76. The number of carbonyl (C=O) groups excluding carboxylic acids is 1. The third-order valence-electron chi connectivity index (χ3n) is 4.91. The van der Waals surface area contributed by atoms with Gasteiger partial charge in [-0.05, 0) is 55.5 Å². The largest absolute Gasteiger partial charge is 0.433 e. The molecular formula is C22H13ClF6N4O. The summed E-state index contributed by atoms with van der Waals surface area (Å²) in [6, 6.07) is 9.12. The third-order valence-corrected chi connectivity index (χ3v) is 5.24. The molecule has 12 heteroatoms. The third kappa shape index (κ3) is 4.69. The second-order valence-corrected chi connectivity index (χ2v) is 7.70. The summed E-state index contributed by atoms with van der Waals surface area (Å²) in [5.74, 6) is -0.533. The van der Waals surface area contributed by atoms with Crippen molar-refractivity contribution in [2.24, 2.45) is 0 Å². The number of amides is 1. The van der Waals surface area contributed by atoms with Gasteiger partial charge in [0.25, 0.3) is 5.91 Å². The van der Waals surface area contributed by atoms with Gasteiger partial charge < -0.3 is 10.3 Å². The van der Waals surface area contributed by atoms with Gasteiger partial charge in [-0.25, -0.2) is 9.97 Å². The van der Waals surface area contributed by atoms with Crippen LogP contribution in [0.3, 0.4) is 0 Å². The number of H-pyrrole nitrogens is 1. The molecule has 2 aromatic heterocycles. The van der Waals surface area contributed by atoms with Crippen LogP contribution in [0.1, 0.15) is 27.3 Å². The van der Waals surface area contributed by atoms with Crippen molar-refractivity contribution < 1.29 is 31.1 Å². The Labute approximate surface area is 192 Å². The van der Waals surface area contributed by atoms with Crippen LogP contribution in [0.4, 0.5) is 32.0 Å². The number of alkyl halides is 6. The van der Waals surface area contributed by atoms with Crippen molar-refractivity contribution in [3.63, 3.8) is 0 Å². The molecule has 2 N–H and O–H groups in total. The number of imidazole rings is 1. The molecule has 2 aromatic carbocycles. The first-order chi connectivity index (χ1) is 15.8. The van der Waals surface area contributed by atoms with Gasteiger partial charge in [-0.15, -0.1) is 0 Å². The number of benzene rings is 2. The second kappa shape index (κ2) is 8.32. The lowest BCUT2D eigenvalue weighted by molar-refractivity contribution is -0.141. The second-order valence-electron chi connectivity index (χ2n) is 7.29. The van der Waals surface area contributed by atoms with Crippen LogP contribution >= 0.6 is 11.6 Å². The van der Waals surface area contributed by atoms with E-state index >= 15 is 0 Å². The number of fused-ring (bicyclic) bond motifs is 1. The van der Waals surface area contributed by atoms with Crippen molar-refractivity contribution in [2.45, 2.75) is 19.3 Å². The maximum absolute atomic E-state index is 13.0. The van der Waals surface area contributed by atoms with Crippen LogP contribution in [0, 0.1) is 6.92 Å². The maximum atomic E-state index is 13.0. The van der Waals surface area contributed by atoms with Gasteiger partial charge in [0, 0.05) is 11.3 Å². The Morgan fingerprint density at radius 1 is 0.941 bits per heavy atom. The molecule has 0 aliphatic carbocycles. The number of aryl methyl sites for hydroxylation is 1. The number of hydrogen-bond donors (Lipinski definition) is 2. The van der Waals surface area contributed by atoms with E-state index in [-0.39, 0.29) is 38.8 Å². The molecule has 1 amide bonds. The van der Waals surface area contributed by atoms with E-state index in [0.717, 1.165) is 18.2 Å². The van der Waals surface area contributed by atoms with E-state index in [2.05, 4.69) is 20.3 Å². The van der Waals surface area contributed by atoms with Crippen LogP contribution in [0.2, 0.25) is 5.02 Å². The molecule has 0 aliphatic rings. The lowest BCUT2D eigenvalue weighted by atomic mass is 10.1. The zero-order valence-electron chi connectivity index (χ0n) is 17.1. The average molecular weight is 499 g/mol. The highest BCUT2D eigenvalue weighted by Crippen LogP contribution is 2.34. The minimum Gasteiger partial charge on any atom is -0.338 e. The van der Waals surface area contributed by atoms with Crippen LogP contribution in [-0.4, -0.2) is 20.9 Å². The molecule has 0 saturated carbocycles. The van der Waals surface area contributed by atoms with Crippen LogP contribution in [-0.2, 0) is 12.4 Å². The Morgan fingerprint density at radius 2 is 1.68 bits per heavy atom. The highest BCUT2D eigenvalue weighted by molar-refractivity contribution is 6.33. The molecule has 4 rings (SSSR count). The minimum atomic E-state index is -4.64. The SMILES string of the molecule is Cc1nc(C(F)(F)F)ccc1C(=O)Nc1ccc(Cl)c(-c2nc3ccc(C(F)(F)F)cc3[nH]2)c1. The van der Waals surface area contributed by atoms with Crippen LogP contribution < -0.4 is 5.32 Å². The first-order valence-corrected chi connectivity index (χ1v) is 9.94. The number of carbonyl (C=O) groups is 1. The zero-order valence-corrected chi connectivity index (χ0v) is 17.8. The average Bonchev–Trinajstić information content (AvgIpc) is 3.16. The molecule has 0 bridgehead atoms. The maximum Gasteiger partial charge on any atom is 0.433 e. The molecule has 0 radical (unpaired) electrons. The van der Waals surface area contributed by atoms with Gasteiger partial charge in [0.1, 0.15) is 11.5 Å². The number of hydrogen-bond acceptors (Lipinski definition) is 3. The lowest BCUT2D eigenvalue weighted by Crippen LogP contribution is -2.16. The van der Waals surface area contributed by atoms with E-state index in [1.165, 1.54) is 31.2 Å². The smallest absolute Gasteiger partial charge is 0.338 e. The van der Waals surface area contributed by atoms with Gasteiger partial charge in [0.15, 0.2) is 0 Å². The van der Waals surface area contributed by atoms with Crippen LogP contribution in [0.5, 0.6) is 0 Å². The lowest BCUT2D eigenvalue weighted by Gasteiger charge is -2.11. The van der Waals surface area contributed by atoms with Gasteiger partial charge >= 0.3 is 12.4 Å². The number of halogens is 7. The van der Waals surface area contributed by atoms with Crippen molar-refractivity contribution in [2.75, 3.05) is 5.32 Å². The van der Waals surface area contributed by atoms with Gasteiger partial charge in [0.2, 0.25) is 0 Å². The highest BCUT2D eigenvalue weighted by Gasteiger charge is 2.33.